The van der Waals surface area contributed by atoms with Crippen LogP contribution in [0.1, 0.15) is 39.5 Å². The third kappa shape index (κ3) is 3.70. The fourth-order valence-electron chi connectivity index (χ4n) is 4.20. The Morgan fingerprint density at radius 3 is 2.47 bits per heavy atom. The third-order valence-corrected chi connectivity index (χ3v) is 7.04. The van der Waals surface area contributed by atoms with Gasteiger partial charge in [0.15, 0.2) is 5.78 Å². The molecule has 8 heteroatoms. The quantitative estimate of drug-likeness (QED) is 0.350. The first kappa shape index (κ1) is 22.0. The van der Waals surface area contributed by atoms with E-state index in [4.69, 9.17) is 0 Å². The molecule has 7 nitrogen and oxygen atoms in total. The summed E-state index contributed by atoms with van der Waals surface area (Å²) in [5.41, 5.74) is 4.41. The van der Waals surface area contributed by atoms with Gasteiger partial charge in [-0.05, 0) is 54.5 Å². The highest BCUT2D eigenvalue weighted by molar-refractivity contribution is 7.17. The van der Waals surface area contributed by atoms with E-state index in [0.717, 1.165) is 27.8 Å². The lowest BCUT2D eigenvalue weighted by molar-refractivity contribution is 0.0965. The molecule has 0 aliphatic heterocycles. The molecule has 0 aliphatic carbocycles. The van der Waals surface area contributed by atoms with Crippen LogP contribution in [-0.2, 0) is 19.5 Å². The van der Waals surface area contributed by atoms with Gasteiger partial charge in [-0.15, -0.1) is 16.4 Å². The van der Waals surface area contributed by atoms with Gasteiger partial charge in [-0.25, -0.2) is 13.9 Å². The summed E-state index contributed by atoms with van der Waals surface area (Å²) < 4.78 is 4.59. The Balaban J connectivity index is 1.64. The molecule has 0 saturated heterocycles. The summed E-state index contributed by atoms with van der Waals surface area (Å²) in [6.45, 7) is 5.96. The predicted molar refractivity (Wildman–Crippen MR) is 134 cm³/mol. The van der Waals surface area contributed by atoms with Crippen molar-refractivity contribution in [1.82, 2.24) is 18.7 Å². The average Bonchev–Trinajstić information content (AvgIpc) is 3.43. The monoisotopic (exact) mass is 472 g/mol. The number of fused-ring (bicyclic) bond motifs is 3. The van der Waals surface area contributed by atoms with Gasteiger partial charge in [0.25, 0.3) is 5.56 Å². The van der Waals surface area contributed by atoms with Crippen molar-refractivity contribution < 1.29 is 4.79 Å². The van der Waals surface area contributed by atoms with Gasteiger partial charge in [-0.3, -0.25) is 14.2 Å². The molecule has 34 heavy (non-hydrogen) atoms. The smallest absolute Gasteiger partial charge is 0.292 e. The van der Waals surface area contributed by atoms with Crippen LogP contribution < -0.4 is 11.2 Å². The van der Waals surface area contributed by atoms with E-state index in [-0.39, 0.29) is 30.2 Å². The largest absolute Gasteiger partial charge is 0.352 e. The lowest BCUT2D eigenvalue weighted by atomic mass is 10.0. The summed E-state index contributed by atoms with van der Waals surface area (Å²) in [5.74, 6) is 0.0338. The highest BCUT2D eigenvalue weighted by Crippen LogP contribution is 2.18. The number of ketones is 1. The normalized spacial score (nSPS) is 11.5. The summed E-state index contributed by atoms with van der Waals surface area (Å²) in [6.07, 6.45) is 0.930. The number of hydrogen-bond acceptors (Lipinski definition) is 5. The summed E-state index contributed by atoms with van der Waals surface area (Å²) in [6, 6.07) is 15.5. The Hall–Kier alpha value is -3.78. The van der Waals surface area contributed by atoms with Crippen LogP contribution in [0, 0.1) is 13.8 Å². The molecule has 0 amide bonds. The number of thiophene rings is 1. The van der Waals surface area contributed by atoms with Crippen LogP contribution in [0.25, 0.3) is 16.0 Å². The van der Waals surface area contributed by atoms with E-state index in [9.17, 15) is 14.4 Å². The molecule has 0 fully saturated rings. The van der Waals surface area contributed by atoms with Crippen molar-refractivity contribution in [3.05, 3.63) is 103 Å². The van der Waals surface area contributed by atoms with Crippen LogP contribution in [0.15, 0.2) is 63.5 Å². The second-order valence-corrected chi connectivity index (χ2v) is 9.43. The molecule has 2 aromatic carbocycles. The number of Topliss-reactive ketones (excluding diaryl/α,β-unsaturated/α-hetero) is 1. The molecule has 0 atom stereocenters. The van der Waals surface area contributed by atoms with Gasteiger partial charge in [-0.2, -0.15) is 0 Å². The second kappa shape index (κ2) is 8.53. The standard InChI is InChI=1S/C26H24N4O3S/c1-4-18-7-9-19(10-8-18)14-28-24(32)23-21(11-12-34-23)30-25(28)27-29(26(30)33)15-22(31)20-13-16(2)5-6-17(20)3/h5-13H,4,14-15H2,1-3H3. The van der Waals surface area contributed by atoms with Gasteiger partial charge in [0.05, 0.1) is 12.1 Å². The first-order valence-corrected chi connectivity index (χ1v) is 12.0. The van der Waals surface area contributed by atoms with Crippen molar-refractivity contribution in [3.8, 4) is 0 Å². The minimum absolute atomic E-state index is 0.197. The predicted octanol–water partition coefficient (Wildman–Crippen LogP) is 3.98. The molecule has 0 saturated carbocycles. The number of aromatic nitrogens is 4. The maximum absolute atomic E-state index is 13.4. The Morgan fingerprint density at radius 2 is 1.74 bits per heavy atom. The highest BCUT2D eigenvalue weighted by Gasteiger charge is 2.20. The molecule has 0 radical (unpaired) electrons. The number of nitrogens with zero attached hydrogens (tertiary/aromatic N) is 4. The van der Waals surface area contributed by atoms with Crippen molar-refractivity contribution in [2.45, 2.75) is 40.3 Å². The number of hydrogen-bond donors (Lipinski definition) is 0. The lowest BCUT2D eigenvalue weighted by Gasteiger charge is -2.08. The molecule has 5 aromatic rings. The zero-order valence-electron chi connectivity index (χ0n) is 19.2. The Bertz CT molecular complexity index is 1670. The van der Waals surface area contributed by atoms with Gasteiger partial charge >= 0.3 is 5.69 Å². The number of carbonyl (C=O) groups is 1. The minimum atomic E-state index is -0.438. The van der Waals surface area contributed by atoms with Crippen LogP contribution in [0.2, 0.25) is 0 Å². The Kier molecular flexibility index (Phi) is 5.53. The molecule has 0 unspecified atom stereocenters. The number of aryl methyl sites for hydroxylation is 3. The maximum atomic E-state index is 13.4. The first-order chi connectivity index (χ1) is 16.4. The summed E-state index contributed by atoms with van der Waals surface area (Å²) in [7, 11) is 0. The number of benzene rings is 2. The van der Waals surface area contributed by atoms with Crippen LogP contribution in [0.3, 0.4) is 0 Å². The van der Waals surface area contributed by atoms with E-state index in [2.05, 4.69) is 12.0 Å². The van der Waals surface area contributed by atoms with Crippen molar-refractivity contribution in [1.29, 1.82) is 0 Å². The van der Waals surface area contributed by atoms with Crippen LogP contribution >= 0.6 is 11.3 Å². The van der Waals surface area contributed by atoms with E-state index in [0.29, 0.717) is 15.8 Å². The van der Waals surface area contributed by atoms with E-state index in [1.165, 1.54) is 25.9 Å². The van der Waals surface area contributed by atoms with Crippen LogP contribution in [-0.4, -0.2) is 24.5 Å². The van der Waals surface area contributed by atoms with Crippen LogP contribution in [0.5, 0.6) is 0 Å². The van der Waals surface area contributed by atoms with E-state index >= 15 is 0 Å². The van der Waals surface area contributed by atoms with E-state index in [1.807, 2.05) is 56.3 Å². The van der Waals surface area contributed by atoms with Crippen molar-refractivity contribution in [3.63, 3.8) is 0 Å². The molecule has 0 spiro atoms. The summed E-state index contributed by atoms with van der Waals surface area (Å²) in [5, 5.41) is 6.25. The molecular weight excluding hydrogens is 448 g/mol. The topological polar surface area (TPSA) is 78.4 Å². The molecule has 172 valence electrons. The second-order valence-electron chi connectivity index (χ2n) is 8.51. The number of carbonyl (C=O) groups excluding carboxylic acids is 1. The summed E-state index contributed by atoms with van der Waals surface area (Å²) in [4.78, 5) is 39.7. The SMILES string of the molecule is CCc1ccc(Cn2c(=O)c3sccc3n3c(=O)n(CC(=O)c4cc(C)ccc4C)nc23)cc1. The maximum Gasteiger partial charge on any atom is 0.352 e. The minimum Gasteiger partial charge on any atom is -0.292 e. The molecule has 0 aliphatic rings. The van der Waals surface area contributed by atoms with Gasteiger partial charge < -0.3 is 0 Å². The molecule has 3 heterocycles. The van der Waals surface area contributed by atoms with E-state index < -0.39 is 5.69 Å². The van der Waals surface area contributed by atoms with Gasteiger partial charge in [0.1, 0.15) is 11.2 Å². The van der Waals surface area contributed by atoms with E-state index in [1.54, 1.807) is 11.4 Å². The molecule has 0 bridgehead atoms. The van der Waals surface area contributed by atoms with Crippen molar-refractivity contribution in [2.75, 3.05) is 0 Å². The summed E-state index contributed by atoms with van der Waals surface area (Å²) >= 11 is 1.29. The molecule has 5 rings (SSSR count). The first-order valence-electron chi connectivity index (χ1n) is 11.1. The molecule has 3 aromatic heterocycles. The molecule has 0 N–H and O–H groups in total. The van der Waals surface area contributed by atoms with Gasteiger partial charge in [0.2, 0.25) is 5.78 Å². The van der Waals surface area contributed by atoms with Crippen LogP contribution in [0.4, 0.5) is 0 Å². The Morgan fingerprint density at radius 1 is 1.00 bits per heavy atom. The lowest BCUT2D eigenvalue weighted by Crippen LogP contribution is -2.27. The van der Waals surface area contributed by atoms with Gasteiger partial charge in [-0.1, -0.05) is 48.9 Å². The van der Waals surface area contributed by atoms with Crippen molar-refractivity contribution >= 4 is 33.1 Å². The number of rotatable bonds is 6. The fraction of sp³-hybridized carbons (Fsp3) is 0.231. The highest BCUT2D eigenvalue weighted by atomic mass is 32.1. The van der Waals surface area contributed by atoms with Gasteiger partial charge in [0, 0.05) is 5.56 Å². The molecular formula is C26H24N4O3S. The van der Waals surface area contributed by atoms with Crippen molar-refractivity contribution in [2.24, 2.45) is 0 Å². The Labute approximate surface area is 199 Å². The average molecular weight is 473 g/mol. The zero-order chi connectivity index (χ0) is 24.0. The third-order valence-electron chi connectivity index (χ3n) is 6.15. The fourth-order valence-corrected chi connectivity index (χ4v) is 5.02. The zero-order valence-corrected chi connectivity index (χ0v) is 20.1.